The smallest absolute Gasteiger partial charge is 0.404 e. The van der Waals surface area contributed by atoms with E-state index in [0.717, 1.165) is 11.1 Å². The van der Waals surface area contributed by atoms with Crippen LogP contribution in [0, 0.1) is 5.92 Å². The second-order valence-corrected chi connectivity index (χ2v) is 10.9. The SMILES string of the molecule is CC(C)CS(=O)(=O)N[C@@H](Cc1ccccc1)C(O)CNC[C@@H](O)[C@H](Cc1ccccc1)NC(=O)O. The highest BCUT2D eigenvalue weighted by atomic mass is 32.2. The van der Waals surface area contributed by atoms with Gasteiger partial charge in [0.15, 0.2) is 0 Å². The number of hydrogen-bond donors (Lipinski definition) is 6. The highest BCUT2D eigenvalue weighted by Gasteiger charge is 2.27. The number of hydrogen-bond acceptors (Lipinski definition) is 6. The number of aliphatic hydroxyl groups excluding tert-OH is 2. The Morgan fingerprint density at radius 1 is 0.829 bits per heavy atom. The van der Waals surface area contributed by atoms with E-state index in [0.29, 0.717) is 12.8 Å². The van der Waals surface area contributed by atoms with Crippen LogP contribution in [-0.4, -0.2) is 73.0 Å². The van der Waals surface area contributed by atoms with E-state index in [1.807, 2.05) is 74.5 Å². The number of sulfonamides is 1. The fourth-order valence-electron chi connectivity index (χ4n) is 3.82. The first-order valence-corrected chi connectivity index (χ1v) is 13.3. The van der Waals surface area contributed by atoms with Gasteiger partial charge in [-0.15, -0.1) is 0 Å². The average molecular weight is 508 g/mol. The summed E-state index contributed by atoms with van der Waals surface area (Å²) in [6.07, 6.45) is -2.80. The third-order valence-electron chi connectivity index (χ3n) is 5.43. The minimum atomic E-state index is -3.61. The van der Waals surface area contributed by atoms with E-state index < -0.39 is 40.4 Å². The molecule has 2 aromatic carbocycles. The Kier molecular flexibility index (Phi) is 11.6. The van der Waals surface area contributed by atoms with Crippen LogP contribution in [0.15, 0.2) is 60.7 Å². The molecule has 1 amide bonds. The summed E-state index contributed by atoms with van der Waals surface area (Å²) >= 11 is 0. The number of carboxylic acid groups (broad SMARTS) is 1. The Labute approximate surface area is 207 Å². The van der Waals surface area contributed by atoms with Crippen LogP contribution < -0.4 is 15.4 Å². The lowest BCUT2D eigenvalue weighted by Crippen LogP contribution is -2.52. The van der Waals surface area contributed by atoms with Crippen LogP contribution in [0.1, 0.15) is 25.0 Å². The van der Waals surface area contributed by atoms with Crippen LogP contribution in [0.5, 0.6) is 0 Å². The zero-order valence-electron chi connectivity index (χ0n) is 20.2. The fraction of sp³-hybridized carbons (Fsp3) is 0.480. The van der Waals surface area contributed by atoms with Crippen molar-refractivity contribution in [1.82, 2.24) is 15.4 Å². The molecule has 194 valence electrons. The highest BCUT2D eigenvalue weighted by Crippen LogP contribution is 2.10. The minimum absolute atomic E-state index is 0.00386. The number of rotatable bonds is 15. The third kappa shape index (κ3) is 11.2. The molecule has 0 fully saturated rings. The van der Waals surface area contributed by atoms with Gasteiger partial charge in [-0.3, -0.25) is 0 Å². The first-order valence-electron chi connectivity index (χ1n) is 11.7. The maximum Gasteiger partial charge on any atom is 0.404 e. The lowest BCUT2D eigenvalue weighted by molar-refractivity contribution is 0.102. The predicted molar refractivity (Wildman–Crippen MR) is 136 cm³/mol. The zero-order chi connectivity index (χ0) is 25.8. The van der Waals surface area contributed by atoms with E-state index in [4.69, 9.17) is 5.11 Å². The lowest BCUT2D eigenvalue weighted by atomic mass is 10.0. The first kappa shape index (κ1) is 28.7. The molecule has 4 atom stereocenters. The lowest BCUT2D eigenvalue weighted by Gasteiger charge is -2.27. The van der Waals surface area contributed by atoms with Gasteiger partial charge in [-0.2, -0.15) is 0 Å². The van der Waals surface area contributed by atoms with Gasteiger partial charge in [0.2, 0.25) is 10.0 Å². The fourth-order valence-corrected chi connectivity index (χ4v) is 5.49. The minimum Gasteiger partial charge on any atom is -0.465 e. The third-order valence-corrected chi connectivity index (χ3v) is 7.19. The quantitative estimate of drug-likeness (QED) is 0.213. The topological polar surface area (TPSA) is 148 Å². The van der Waals surface area contributed by atoms with Crippen molar-refractivity contribution >= 4 is 16.1 Å². The molecule has 0 radical (unpaired) electrons. The van der Waals surface area contributed by atoms with Gasteiger partial charge in [0.25, 0.3) is 0 Å². The Morgan fingerprint density at radius 2 is 1.29 bits per heavy atom. The van der Waals surface area contributed by atoms with E-state index in [1.54, 1.807) is 0 Å². The Morgan fingerprint density at radius 3 is 1.74 bits per heavy atom. The van der Waals surface area contributed by atoms with Crippen LogP contribution in [0.25, 0.3) is 0 Å². The molecule has 0 bridgehead atoms. The molecule has 0 saturated carbocycles. The van der Waals surface area contributed by atoms with Gasteiger partial charge in [0.1, 0.15) is 0 Å². The molecule has 0 heterocycles. The summed E-state index contributed by atoms with van der Waals surface area (Å²) in [5, 5.41) is 35.9. The number of aliphatic hydroxyl groups is 2. The maximum absolute atomic E-state index is 12.5. The van der Waals surface area contributed by atoms with Gasteiger partial charge in [-0.1, -0.05) is 74.5 Å². The van der Waals surface area contributed by atoms with Crippen molar-refractivity contribution < 1.29 is 28.5 Å². The molecule has 2 aromatic rings. The van der Waals surface area contributed by atoms with Crippen molar-refractivity contribution in [3.8, 4) is 0 Å². The monoisotopic (exact) mass is 507 g/mol. The van der Waals surface area contributed by atoms with Gasteiger partial charge >= 0.3 is 6.09 Å². The summed E-state index contributed by atoms with van der Waals surface area (Å²) in [4.78, 5) is 11.2. The molecule has 9 nitrogen and oxygen atoms in total. The number of benzene rings is 2. The van der Waals surface area contributed by atoms with Gasteiger partial charge in [-0.25, -0.2) is 17.9 Å². The van der Waals surface area contributed by atoms with Crippen LogP contribution in [0.2, 0.25) is 0 Å². The normalized spacial score (nSPS) is 15.3. The molecule has 2 rings (SSSR count). The molecule has 0 aliphatic rings. The largest absolute Gasteiger partial charge is 0.465 e. The van der Waals surface area contributed by atoms with Crippen molar-refractivity contribution in [2.75, 3.05) is 18.8 Å². The van der Waals surface area contributed by atoms with Crippen molar-refractivity contribution in [3.05, 3.63) is 71.8 Å². The molecule has 0 aliphatic heterocycles. The second-order valence-electron chi connectivity index (χ2n) is 9.13. The molecule has 1 unspecified atom stereocenters. The van der Waals surface area contributed by atoms with E-state index >= 15 is 0 Å². The Balaban J connectivity index is 2.00. The highest BCUT2D eigenvalue weighted by molar-refractivity contribution is 7.89. The van der Waals surface area contributed by atoms with E-state index in [9.17, 15) is 23.4 Å². The summed E-state index contributed by atoms with van der Waals surface area (Å²) < 4.78 is 27.7. The van der Waals surface area contributed by atoms with E-state index in [-0.39, 0.29) is 24.8 Å². The Bertz CT molecular complexity index is 989. The number of amides is 1. The molecule has 0 aromatic heterocycles. The summed E-state index contributed by atoms with van der Waals surface area (Å²) in [6, 6.07) is 16.9. The summed E-state index contributed by atoms with van der Waals surface area (Å²) in [6.45, 7) is 3.62. The van der Waals surface area contributed by atoms with Gasteiger partial charge in [0.05, 0.1) is 30.0 Å². The van der Waals surface area contributed by atoms with Crippen LogP contribution in [0.3, 0.4) is 0 Å². The van der Waals surface area contributed by atoms with Crippen molar-refractivity contribution in [2.45, 2.75) is 51.0 Å². The molecule has 6 N–H and O–H groups in total. The summed E-state index contributed by atoms with van der Waals surface area (Å²) in [7, 11) is -3.61. The van der Waals surface area contributed by atoms with E-state index in [2.05, 4.69) is 15.4 Å². The maximum atomic E-state index is 12.5. The van der Waals surface area contributed by atoms with Crippen molar-refractivity contribution in [2.24, 2.45) is 5.92 Å². The van der Waals surface area contributed by atoms with E-state index in [1.165, 1.54) is 0 Å². The molecule has 0 saturated heterocycles. The van der Waals surface area contributed by atoms with Crippen molar-refractivity contribution in [1.29, 1.82) is 0 Å². The molecule has 35 heavy (non-hydrogen) atoms. The van der Waals surface area contributed by atoms with Gasteiger partial charge in [0, 0.05) is 13.1 Å². The Hall–Kier alpha value is -2.50. The molecule has 0 spiro atoms. The zero-order valence-corrected chi connectivity index (χ0v) is 21.0. The van der Waals surface area contributed by atoms with Crippen LogP contribution >= 0.6 is 0 Å². The molecular formula is C25H37N3O6S. The first-order chi connectivity index (χ1) is 16.6. The second kappa shape index (κ2) is 14.2. The number of carbonyl (C=O) groups is 1. The van der Waals surface area contributed by atoms with Gasteiger partial charge in [-0.05, 0) is 29.9 Å². The van der Waals surface area contributed by atoms with Crippen LogP contribution in [-0.2, 0) is 22.9 Å². The predicted octanol–water partition coefficient (Wildman–Crippen LogP) is 1.36. The summed E-state index contributed by atoms with van der Waals surface area (Å²) in [5.74, 6) is -0.127. The number of nitrogens with one attached hydrogen (secondary N) is 3. The van der Waals surface area contributed by atoms with Crippen LogP contribution in [0.4, 0.5) is 4.79 Å². The van der Waals surface area contributed by atoms with Gasteiger partial charge < -0.3 is 26.0 Å². The molecular weight excluding hydrogens is 470 g/mol. The standard InChI is InChI=1S/C25H37N3O6S/c1-18(2)17-35(33,34)28-22(14-20-11-7-4-8-12-20)24(30)16-26-15-23(29)21(27-25(31)32)13-19-9-5-3-6-10-19/h3-12,18,21-24,26-30H,13-17H2,1-2H3,(H,31,32)/t21-,22-,23+,24?/m0/s1. The van der Waals surface area contributed by atoms with Crippen molar-refractivity contribution in [3.63, 3.8) is 0 Å². The molecule has 10 heteroatoms. The molecule has 0 aliphatic carbocycles. The average Bonchev–Trinajstić information content (AvgIpc) is 2.78. The summed E-state index contributed by atoms with van der Waals surface area (Å²) in [5.41, 5.74) is 1.74.